The molecule has 0 aliphatic rings. The van der Waals surface area contributed by atoms with Crippen molar-refractivity contribution in [1.29, 1.82) is 0 Å². The van der Waals surface area contributed by atoms with Gasteiger partial charge in [0.1, 0.15) is 5.75 Å². The third-order valence-electron chi connectivity index (χ3n) is 2.63. The summed E-state index contributed by atoms with van der Waals surface area (Å²) in [5.74, 6) is -0.815. The number of nitrogens with one attached hydrogen (secondary N) is 1. The highest BCUT2D eigenvalue weighted by Crippen LogP contribution is 2.19. The van der Waals surface area contributed by atoms with Crippen molar-refractivity contribution >= 4 is 11.8 Å². The zero-order valence-corrected chi connectivity index (χ0v) is 12.5. The first kappa shape index (κ1) is 18.8. The lowest BCUT2D eigenvalue weighted by Gasteiger charge is -2.14. The van der Waals surface area contributed by atoms with Crippen molar-refractivity contribution < 1.29 is 27.5 Å². The number of likely N-dealkylation sites (N-methyl/N-ethyl adjacent to an activating group) is 1. The van der Waals surface area contributed by atoms with Gasteiger partial charge in [0.05, 0.1) is 13.1 Å². The molecule has 0 aromatic heterocycles. The number of benzene rings is 1. The summed E-state index contributed by atoms with van der Waals surface area (Å²) in [5, 5.41) is 2.59. The lowest BCUT2D eigenvalue weighted by molar-refractivity contribution is -0.153. The monoisotopic (exact) mass is 333 g/mol. The topological polar surface area (TPSA) is 84.7 Å². The number of carbonyl (C=O) groups is 2. The van der Waals surface area contributed by atoms with Crippen LogP contribution in [0.5, 0.6) is 5.75 Å². The smallest absolute Gasteiger partial charge is 0.422 e. The van der Waals surface area contributed by atoms with E-state index < -0.39 is 18.7 Å². The van der Waals surface area contributed by atoms with Gasteiger partial charge in [-0.1, -0.05) is 12.1 Å². The van der Waals surface area contributed by atoms with Crippen LogP contribution in [0.3, 0.4) is 0 Å². The molecule has 0 spiro atoms. The van der Waals surface area contributed by atoms with E-state index in [0.717, 1.165) is 0 Å². The number of nitrogens with zero attached hydrogens (tertiary/aromatic N) is 1. The third-order valence-corrected chi connectivity index (χ3v) is 2.63. The van der Waals surface area contributed by atoms with E-state index >= 15 is 0 Å². The molecule has 0 aliphatic carbocycles. The Morgan fingerprint density at radius 3 is 2.61 bits per heavy atom. The quantitative estimate of drug-likeness (QED) is 0.732. The molecule has 2 amide bonds. The second kappa shape index (κ2) is 8.37. The van der Waals surface area contributed by atoms with Gasteiger partial charge in [-0.15, -0.1) is 0 Å². The summed E-state index contributed by atoms with van der Waals surface area (Å²) < 4.78 is 40.9. The molecule has 1 rings (SSSR count). The van der Waals surface area contributed by atoms with Crippen LogP contribution in [0.25, 0.3) is 0 Å². The van der Waals surface area contributed by atoms with E-state index in [2.05, 4.69) is 10.1 Å². The summed E-state index contributed by atoms with van der Waals surface area (Å²) in [7, 11) is 1.57. The molecule has 3 N–H and O–H groups in total. The number of carbonyl (C=O) groups excluding carboxylic acids is 2. The van der Waals surface area contributed by atoms with Crippen molar-refractivity contribution in [3.63, 3.8) is 0 Å². The molecule has 0 saturated heterocycles. The average Bonchev–Trinajstić information content (AvgIpc) is 2.42. The first-order valence-electron chi connectivity index (χ1n) is 6.68. The van der Waals surface area contributed by atoms with Crippen LogP contribution >= 0.6 is 0 Å². The van der Waals surface area contributed by atoms with Gasteiger partial charge in [-0.3, -0.25) is 14.5 Å². The summed E-state index contributed by atoms with van der Waals surface area (Å²) in [4.78, 5) is 23.8. The molecule has 1 aromatic rings. The van der Waals surface area contributed by atoms with Gasteiger partial charge in [0.15, 0.2) is 6.61 Å². The molecule has 23 heavy (non-hydrogen) atoms. The molecule has 0 radical (unpaired) electrons. The van der Waals surface area contributed by atoms with E-state index in [9.17, 15) is 22.8 Å². The Balaban J connectivity index is 2.45. The minimum absolute atomic E-state index is 0.0206. The molecular weight excluding hydrogens is 315 g/mol. The van der Waals surface area contributed by atoms with Crippen molar-refractivity contribution in [2.24, 2.45) is 5.73 Å². The van der Waals surface area contributed by atoms with Crippen LogP contribution in [-0.4, -0.2) is 49.6 Å². The summed E-state index contributed by atoms with van der Waals surface area (Å²) in [6.45, 7) is -1.31. The number of halogens is 3. The number of alkyl halides is 3. The lowest BCUT2D eigenvalue weighted by Crippen LogP contribution is -2.39. The number of hydrogen-bond donors (Lipinski definition) is 2. The van der Waals surface area contributed by atoms with Gasteiger partial charge in [0.2, 0.25) is 11.8 Å². The van der Waals surface area contributed by atoms with Gasteiger partial charge < -0.3 is 15.8 Å². The van der Waals surface area contributed by atoms with Gasteiger partial charge in [-0.2, -0.15) is 13.2 Å². The fourth-order valence-electron chi connectivity index (χ4n) is 1.73. The maximum Gasteiger partial charge on any atom is 0.422 e. The van der Waals surface area contributed by atoms with Crippen LogP contribution in [-0.2, 0) is 16.1 Å². The van der Waals surface area contributed by atoms with Gasteiger partial charge in [0, 0.05) is 6.54 Å². The minimum Gasteiger partial charge on any atom is -0.484 e. The van der Waals surface area contributed by atoms with Gasteiger partial charge in [-0.05, 0) is 24.7 Å². The molecule has 6 nitrogen and oxygen atoms in total. The molecule has 128 valence electrons. The number of nitrogens with two attached hydrogens (primary N) is 1. The maximum absolute atomic E-state index is 12.1. The Morgan fingerprint density at radius 2 is 2.00 bits per heavy atom. The van der Waals surface area contributed by atoms with Crippen LogP contribution < -0.4 is 15.8 Å². The predicted octanol–water partition coefficient (Wildman–Crippen LogP) is 0.661. The minimum atomic E-state index is -4.41. The Labute approximate surface area is 131 Å². The lowest BCUT2D eigenvalue weighted by atomic mass is 10.2. The van der Waals surface area contributed by atoms with E-state index in [1.165, 1.54) is 23.1 Å². The molecule has 0 heterocycles. The molecule has 1 aromatic carbocycles. The third kappa shape index (κ3) is 8.67. The fourth-order valence-corrected chi connectivity index (χ4v) is 1.73. The van der Waals surface area contributed by atoms with Crippen molar-refractivity contribution in [1.82, 2.24) is 10.2 Å². The highest BCUT2D eigenvalue weighted by molar-refractivity contribution is 5.80. The molecular formula is C14H18F3N3O3. The van der Waals surface area contributed by atoms with Gasteiger partial charge in [-0.25, -0.2) is 0 Å². The number of ether oxygens (including phenoxy) is 1. The summed E-state index contributed by atoms with van der Waals surface area (Å²) in [6.07, 6.45) is -4.41. The van der Waals surface area contributed by atoms with E-state index in [0.29, 0.717) is 5.56 Å². The van der Waals surface area contributed by atoms with Crippen LogP contribution in [0.1, 0.15) is 5.56 Å². The molecule has 0 atom stereocenters. The largest absolute Gasteiger partial charge is 0.484 e. The highest BCUT2D eigenvalue weighted by atomic mass is 19.4. The Kier molecular flexibility index (Phi) is 6.83. The standard InChI is InChI=1S/C14H18F3N3O3/c1-20(7-12(18)21)8-13(22)19-6-10-3-2-4-11(5-10)23-9-14(15,16)17/h2-5H,6-9H2,1H3,(H2,18,21)(H,19,22). The van der Waals surface area contributed by atoms with Crippen molar-refractivity contribution in [2.75, 3.05) is 26.7 Å². The van der Waals surface area contributed by atoms with Gasteiger partial charge in [0.25, 0.3) is 0 Å². The average molecular weight is 333 g/mol. The van der Waals surface area contributed by atoms with Crippen molar-refractivity contribution in [2.45, 2.75) is 12.7 Å². The molecule has 0 fully saturated rings. The molecule has 9 heteroatoms. The van der Waals surface area contributed by atoms with Crippen LogP contribution in [0, 0.1) is 0 Å². The van der Waals surface area contributed by atoms with Crippen molar-refractivity contribution in [3.8, 4) is 5.75 Å². The highest BCUT2D eigenvalue weighted by Gasteiger charge is 2.28. The molecule has 0 aliphatic heterocycles. The maximum atomic E-state index is 12.1. The second-order valence-corrected chi connectivity index (χ2v) is 4.97. The zero-order valence-electron chi connectivity index (χ0n) is 12.5. The molecule has 0 unspecified atom stereocenters. The summed E-state index contributed by atoms with van der Waals surface area (Å²) in [5.41, 5.74) is 5.60. The number of primary amides is 1. The fraction of sp³-hybridized carbons (Fsp3) is 0.429. The van der Waals surface area contributed by atoms with Crippen LogP contribution in [0.4, 0.5) is 13.2 Å². The number of amides is 2. The predicted molar refractivity (Wildman–Crippen MR) is 76.5 cm³/mol. The summed E-state index contributed by atoms with van der Waals surface area (Å²) in [6, 6.07) is 6.00. The van der Waals surface area contributed by atoms with Crippen molar-refractivity contribution in [3.05, 3.63) is 29.8 Å². The Morgan fingerprint density at radius 1 is 1.30 bits per heavy atom. The number of hydrogen-bond acceptors (Lipinski definition) is 4. The van der Waals surface area contributed by atoms with Crippen LogP contribution in [0.2, 0.25) is 0 Å². The van der Waals surface area contributed by atoms with E-state index in [1.807, 2.05) is 0 Å². The summed E-state index contributed by atoms with van der Waals surface area (Å²) >= 11 is 0. The first-order valence-corrected chi connectivity index (χ1v) is 6.68. The normalized spacial score (nSPS) is 11.3. The van der Waals surface area contributed by atoms with Crippen LogP contribution in [0.15, 0.2) is 24.3 Å². The first-order chi connectivity index (χ1) is 10.7. The Bertz CT molecular complexity index is 550. The number of rotatable bonds is 8. The Hall–Kier alpha value is -2.29. The SMILES string of the molecule is CN(CC(N)=O)CC(=O)NCc1cccc(OCC(F)(F)F)c1. The van der Waals surface area contributed by atoms with E-state index in [4.69, 9.17) is 5.73 Å². The van der Waals surface area contributed by atoms with Gasteiger partial charge >= 0.3 is 6.18 Å². The van der Waals surface area contributed by atoms with E-state index in [1.54, 1.807) is 13.1 Å². The molecule has 0 saturated carbocycles. The molecule has 0 bridgehead atoms. The zero-order chi connectivity index (χ0) is 17.5. The van der Waals surface area contributed by atoms with E-state index in [-0.39, 0.29) is 31.3 Å². The second-order valence-electron chi connectivity index (χ2n) is 4.97.